The summed E-state index contributed by atoms with van der Waals surface area (Å²) in [5, 5.41) is 6.56. The third-order valence-electron chi connectivity index (χ3n) is 3.96. The van der Waals surface area contributed by atoms with Crippen molar-refractivity contribution in [2.24, 2.45) is 0 Å². The second kappa shape index (κ2) is 7.77. The molecule has 1 heterocycles. The van der Waals surface area contributed by atoms with E-state index in [1.54, 1.807) is 13.0 Å². The molecule has 0 spiro atoms. The van der Waals surface area contributed by atoms with Crippen molar-refractivity contribution >= 4 is 11.7 Å². The van der Waals surface area contributed by atoms with Gasteiger partial charge in [0.25, 0.3) is 0 Å². The molecule has 0 aliphatic carbocycles. The summed E-state index contributed by atoms with van der Waals surface area (Å²) in [6, 6.07) is 22.0. The molecule has 1 amide bonds. The highest BCUT2D eigenvalue weighted by molar-refractivity contribution is 5.91. The van der Waals surface area contributed by atoms with Crippen LogP contribution in [0, 0.1) is 6.92 Å². The molecule has 1 N–H and O–H groups in total. The largest absolute Gasteiger partial charge is 0.360 e. The number of hydrogen-bond acceptors (Lipinski definition) is 4. The Kier molecular flexibility index (Phi) is 5.26. The Morgan fingerprint density at radius 3 is 2.12 bits per heavy atom. The fourth-order valence-electron chi connectivity index (χ4n) is 2.90. The number of likely N-dealkylation sites (N-methyl/N-ethyl adjacent to an activating group) is 1. The van der Waals surface area contributed by atoms with Crippen LogP contribution in [0.5, 0.6) is 0 Å². The van der Waals surface area contributed by atoms with Gasteiger partial charge < -0.3 is 9.84 Å². The molecule has 128 valence electrons. The summed E-state index contributed by atoms with van der Waals surface area (Å²) in [6.45, 7) is 2.02. The Morgan fingerprint density at radius 1 is 1.08 bits per heavy atom. The number of aryl methyl sites for hydroxylation is 1. The minimum absolute atomic E-state index is 0.00723. The van der Waals surface area contributed by atoms with Gasteiger partial charge in [0, 0.05) is 6.07 Å². The van der Waals surface area contributed by atoms with Crippen molar-refractivity contribution in [2.75, 3.05) is 18.9 Å². The molecule has 25 heavy (non-hydrogen) atoms. The van der Waals surface area contributed by atoms with Crippen molar-refractivity contribution in [3.05, 3.63) is 83.6 Å². The molecule has 1 aromatic heterocycles. The highest BCUT2D eigenvalue weighted by atomic mass is 16.5. The van der Waals surface area contributed by atoms with Crippen LogP contribution in [-0.4, -0.2) is 29.6 Å². The molecule has 0 aliphatic heterocycles. The van der Waals surface area contributed by atoms with Gasteiger partial charge in [-0.05, 0) is 25.1 Å². The highest BCUT2D eigenvalue weighted by Gasteiger charge is 2.21. The van der Waals surface area contributed by atoms with Gasteiger partial charge in [-0.15, -0.1) is 0 Å². The number of rotatable bonds is 6. The Labute approximate surface area is 147 Å². The van der Waals surface area contributed by atoms with Crippen LogP contribution in [0.2, 0.25) is 0 Å². The smallest absolute Gasteiger partial charge is 0.239 e. The lowest BCUT2D eigenvalue weighted by atomic mass is 9.97. The lowest BCUT2D eigenvalue weighted by Crippen LogP contribution is -2.34. The molecule has 3 rings (SSSR count). The third kappa shape index (κ3) is 4.33. The number of hydrogen-bond donors (Lipinski definition) is 1. The maximum Gasteiger partial charge on any atom is 0.239 e. The lowest BCUT2D eigenvalue weighted by Gasteiger charge is -2.28. The van der Waals surface area contributed by atoms with Gasteiger partial charge in [-0.25, -0.2) is 0 Å². The van der Waals surface area contributed by atoms with Crippen molar-refractivity contribution in [1.82, 2.24) is 10.1 Å². The number of benzene rings is 2. The zero-order valence-electron chi connectivity index (χ0n) is 14.3. The summed E-state index contributed by atoms with van der Waals surface area (Å²) in [5.74, 6) is 0.967. The summed E-state index contributed by atoms with van der Waals surface area (Å²) in [6.07, 6.45) is 0. The van der Waals surface area contributed by atoms with Gasteiger partial charge in [0.1, 0.15) is 5.76 Å². The maximum absolute atomic E-state index is 12.4. The number of amides is 1. The summed E-state index contributed by atoms with van der Waals surface area (Å²) in [7, 11) is 1.94. The van der Waals surface area contributed by atoms with E-state index in [0.717, 1.165) is 11.1 Å². The Morgan fingerprint density at radius 2 is 1.64 bits per heavy atom. The predicted octanol–water partition coefficient (Wildman–Crippen LogP) is 3.64. The molecule has 0 saturated carbocycles. The first-order chi connectivity index (χ1) is 12.1. The van der Waals surface area contributed by atoms with Crippen LogP contribution in [-0.2, 0) is 4.79 Å². The molecule has 5 nitrogen and oxygen atoms in total. The topological polar surface area (TPSA) is 58.4 Å². The number of nitrogens with zero attached hydrogens (tertiary/aromatic N) is 2. The quantitative estimate of drug-likeness (QED) is 0.747. The molecule has 0 unspecified atom stereocenters. The molecule has 3 aromatic rings. The summed E-state index contributed by atoms with van der Waals surface area (Å²) in [5.41, 5.74) is 2.28. The maximum atomic E-state index is 12.4. The van der Waals surface area contributed by atoms with E-state index in [4.69, 9.17) is 4.52 Å². The number of nitrogens with one attached hydrogen (secondary N) is 1. The first-order valence-corrected chi connectivity index (χ1v) is 8.17. The predicted molar refractivity (Wildman–Crippen MR) is 97.2 cm³/mol. The number of carbonyl (C=O) groups is 1. The Bertz CT molecular complexity index is 776. The summed E-state index contributed by atoms with van der Waals surface area (Å²) >= 11 is 0. The first kappa shape index (κ1) is 16.9. The van der Waals surface area contributed by atoms with E-state index in [9.17, 15) is 4.79 Å². The molecule has 2 aromatic carbocycles. The lowest BCUT2D eigenvalue weighted by molar-refractivity contribution is -0.117. The van der Waals surface area contributed by atoms with Gasteiger partial charge in [-0.3, -0.25) is 9.69 Å². The number of anilines is 1. The molecule has 0 atom stereocenters. The second-order valence-electron chi connectivity index (χ2n) is 6.01. The van der Waals surface area contributed by atoms with Gasteiger partial charge >= 0.3 is 0 Å². The molecule has 0 aliphatic rings. The van der Waals surface area contributed by atoms with Crippen molar-refractivity contribution in [3.63, 3.8) is 0 Å². The number of aromatic nitrogens is 1. The molecule has 0 saturated heterocycles. The standard InChI is InChI=1S/C20H21N3O2/c1-15-13-18(22-25-15)21-19(24)14-23(2)20(16-9-5-3-6-10-16)17-11-7-4-8-12-17/h3-13,20H,14H2,1-2H3,(H,21,22,24). The first-order valence-electron chi connectivity index (χ1n) is 8.17. The van der Waals surface area contributed by atoms with Crippen molar-refractivity contribution < 1.29 is 9.32 Å². The van der Waals surface area contributed by atoms with Crippen LogP contribution in [0.3, 0.4) is 0 Å². The molecule has 0 radical (unpaired) electrons. The highest BCUT2D eigenvalue weighted by Crippen LogP contribution is 2.27. The van der Waals surface area contributed by atoms with Gasteiger partial charge in [-0.2, -0.15) is 0 Å². The summed E-state index contributed by atoms with van der Waals surface area (Å²) < 4.78 is 4.98. The normalized spacial score (nSPS) is 11.0. The van der Waals surface area contributed by atoms with E-state index in [-0.39, 0.29) is 18.5 Å². The fourth-order valence-corrected chi connectivity index (χ4v) is 2.90. The van der Waals surface area contributed by atoms with E-state index in [1.807, 2.05) is 48.3 Å². The monoisotopic (exact) mass is 335 g/mol. The van der Waals surface area contributed by atoms with Crippen LogP contribution in [0.4, 0.5) is 5.82 Å². The Balaban J connectivity index is 1.77. The van der Waals surface area contributed by atoms with Gasteiger partial charge in [0.05, 0.1) is 12.6 Å². The minimum Gasteiger partial charge on any atom is -0.360 e. The van der Waals surface area contributed by atoms with Crippen molar-refractivity contribution in [2.45, 2.75) is 13.0 Å². The SMILES string of the molecule is Cc1cc(NC(=O)CN(C)C(c2ccccc2)c2ccccc2)no1. The summed E-state index contributed by atoms with van der Waals surface area (Å²) in [4.78, 5) is 14.4. The third-order valence-corrected chi connectivity index (χ3v) is 3.96. The van der Waals surface area contributed by atoms with Crippen LogP contribution >= 0.6 is 0 Å². The van der Waals surface area contributed by atoms with Gasteiger partial charge in [-0.1, -0.05) is 65.8 Å². The zero-order valence-corrected chi connectivity index (χ0v) is 14.3. The van der Waals surface area contributed by atoms with Gasteiger partial charge in [0.15, 0.2) is 5.82 Å². The minimum atomic E-state index is -0.132. The van der Waals surface area contributed by atoms with Crippen LogP contribution in [0.15, 0.2) is 71.3 Å². The van der Waals surface area contributed by atoms with E-state index in [1.165, 1.54) is 0 Å². The van der Waals surface area contributed by atoms with Crippen LogP contribution in [0.25, 0.3) is 0 Å². The van der Waals surface area contributed by atoms with Crippen molar-refractivity contribution in [1.29, 1.82) is 0 Å². The van der Waals surface area contributed by atoms with E-state index >= 15 is 0 Å². The van der Waals surface area contributed by atoms with E-state index < -0.39 is 0 Å². The fraction of sp³-hybridized carbons (Fsp3) is 0.200. The average molecular weight is 335 g/mol. The average Bonchev–Trinajstić information content (AvgIpc) is 3.01. The molecule has 5 heteroatoms. The zero-order chi connectivity index (χ0) is 17.6. The Hall–Kier alpha value is -2.92. The van der Waals surface area contributed by atoms with Crippen molar-refractivity contribution in [3.8, 4) is 0 Å². The molecule has 0 fully saturated rings. The van der Waals surface area contributed by atoms with Gasteiger partial charge in [0.2, 0.25) is 5.91 Å². The molecular weight excluding hydrogens is 314 g/mol. The molecular formula is C20H21N3O2. The second-order valence-corrected chi connectivity index (χ2v) is 6.01. The van der Waals surface area contributed by atoms with Crippen LogP contribution in [0.1, 0.15) is 22.9 Å². The molecule has 0 bridgehead atoms. The number of carbonyl (C=O) groups excluding carboxylic acids is 1. The van der Waals surface area contributed by atoms with E-state index in [0.29, 0.717) is 11.6 Å². The van der Waals surface area contributed by atoms with E-state index in [2.05, 4.69) is 34.7 Å². The van der Waals surface area contributed by atoms with Crippen LogP contribution < -0.4 is 5.32 Å².